The van der Waals surface area contributed by atoms with Gasteiger partial charge in [-0.3, -0.25) is 4.79 Å². The number of hydrogen-bond acceptors (Lipinski definition) is 3. The highest BCUT2D eigenvalue weighted by atomic mass is 16.2. The maximum absolute atomic E-state index is 11.9. The molecule has 0 unspecified atom stereocenters. The molecule has 3 amide bonds. The molecule has 1 aliphatic carbocycles. The van der Waals surface area contributed by atoms with Crippen molar-refractivity contribution < 1.29 is 9.59 Å². The fourth-order valence-corrected chi connectivity index (χ4v) is 1.87. The molecule has 0 bridgehead atoms. The zero-order valence-electron chi connectivity index (χ0n) is 10.8. The number of anilines is 2. The van der Waals surface area contributed by atoms with E-state index in [1.54, 1.807) is 31.3 Å². The fourth-order valence-electron chi connectivity index (χ4n) is 1.87. The van der Waals surface area contributed by atoms with Crippen molar-refractivity contribution in [2.45, 2.75) is 24.8 Å². The van der Waals surface area contributed by atoms with E-state index in [1.165, 1.54) is 0 Å². The average molecular weight is 262 g/mol. The van der Waals surface area contributed by atoms with Crippen molar-refractivity contribution in [3.63, 3.8) is 0 Å². The minimum atomic E-state index is -0.709. The number of amides is 3. The number of benzene rings is 1. The number of carbonyl (C=O) groups is 2. The highest BCUT2D eigenvalue weighted by molar-refractivity contribution is 5.99. The standard InChI is InChI=1S/C13H18N4O2/c1-15-12(19)17-10-5-3-9(4-6-10)16-11(18)13(14)7-2-8-13/h3-6H,2,7-8,14H2,1H3,(H,16,18)(H2,15,17,19). The van der Waals surface area contributed by atoms with Crippen molar-refractivity contribution >= 4 is 23.3 Å². The highest BCUT2D eigenvalue weighted by Gasteiger charge is 2.40. The van der Waals surface area contributed by atoms with Crippen LogP contribution in [0.4, 0.5) is 16.2 Å². The Morgan fingerprint density at radius 1 is 1.11 bits per heavy atom. The molecule has 1 aromatic rings. The number of hydrogen-bond donors (Lipinski definition) is 4. The van der Waals surface area contributed by atoms with Gasteiger partial charge in [-0.25, -0.2) is 4.79 Å². The van der Waals surface area contributed by atoms with Gasteiger partial charge in [-0.15, -0.1) is 0 Å². The van der Waals surface area contributed by atoms with E-state index in [4.69, 9.17) is 5.73 Å². The fraction of sp³-hybridized carbons (Fsp3) is 0.385. The number of nitrogens with one attached hydrogen (secondary N) is 3. The minimum Gasteiger partial charge on any atom is -0.341 e. The summed E-state index contributed by atoms with van der Waals surface area (Å²) in [6.07, 6.45) is 2.46. The van der Waals surface area contributed by atoms with Crippen LogP contribution in [0.15, 0.2) is 24.3 Å². The predicted molar refractivity (Wildman–Crippen MR) is 73.9 cm³/mol. The zero-order valence-corrected chi connectivity index (χ0v) is 10.8. The van der Waals surface area contributed by atoms with Crippen molar-refractivity contribution in [2.24, 2.45) is 5.73 Å². The van der Waals surface area contributed by atoms with Crippen LogP contribution in [-0.2, 0) is 4.79 Å². The Morgan fingerprint density at radius 3 is 2.05 bits per heavy atom. The maximum atomic E-state index is 11.9. The summed E-state index contributed by atoms with van der Waals surface area (Å²) in [5.74, 6) is -0.147. The molecule has 19 heavy (non-hydrogen) atoms. The van der Waals surface area contributed by atoms with Gasteiger partial charge in [-0.05, 0) is 43.5 Å². The van der Waals surface area contributed by atoms with Crippen LogP contribution in [0.25, 0.3) is 0 Å². The average Bonchev–Trinajstić information content (AvgIpc) is 2.38. The lowest BCUT2D eigenvalue weighted by Gasteiger charge is -2.36. The van der Waals surface area contributed by atoms with Crippen LogP contribution in [0, 0.1) is 0 Å². The number of rotatable bonds is 3. The molecule has 6 heteroatoms. The first-order valence-electron chi connectivity index (χ1n) is 6.23. The van der Waals surface area contributed by atoms with Crippen molar-refractivity contribution in [1.29, 1.82) is 0 Å². The second kappa shape index (κ2) is 5.27. The van der Waals surface area contributed by atoms with Crippen LogP contribution < -0.4 is 21.7 Å². The first-order chi connectivity index (χ1) is 9.03. The topological polar surface area (TPSA) is 96.2 Å². The summed E-state index contributed by atoms with van der Waals surface area (Å²) < 4.78 is 0. The molecule has 6 nitrogen and oxygen atoms in total. The van der Waals surface area contributed by atoms with E-state index in [-0.39, 0.29) is 11.9 Å². The molecule has 1 fully saturated rings. The monoisotopic (exact) mass is 262 g/mol. The van der Waals surface area contributed by atoms with Crippen LogP contribution in [0.1, 0.15) is 19.3 Å². The molecule has 0 radical (unpaired) electrons. The summed E-state index contributed by atoms with van der Waals surface area (Å²) >= 11 is 0. The van der Waals surface area contributed by atoms with Crippen molar-refractivity contribution in [2.75, 3.05) is 17.7 Å². The molecule has 0 spiro atoms. The quantitative estimate of drug-likeness (QED) is 0.660. The third-order valence-electron chi connectivity index (χ3n) is 3.33. The lowest BCUT2D eigenvalue weighted by atomic mass is 9.77. The maximum Gasteiger partial charge on any atom is 0.318 e. The van der Waals surface area contributed by atoms with E-state index in [0.29, 0.717) is 11.4 Å². The normalized spacial score (nSPS) is 16.1. The number of urea groups is 1. The first kappa shape index (κ1) is 13.4. The lowest BCUT2D eigenvalue weighted by molar-refractivity contribution is -0.123. The van der Waals surface area contributed by atoms with E-state index in [0.717, 1.165) is 19.3 Å². The Bertz CT molecular complexity index is 480. The second-order valence-electron chi connectivity index (χ2n) is 4.75. The van der Waals surface area contributed by atoms with E-state index in [2.05, 4.69) is 16.0 Å². The van der Waals surface area contributed by atoms with Gasteiger partial charge >= 0.3 is 6.03 Å². The highest BCUT2D eigenvalue weighted by Crippen LogP contribution is 2.30. The molecule has 0 aromatic heterocycles. The molecule has 0 aliphatic heterocycles. The Morgan fingerprint density at radius 2 is 1.63 bits per heavy atom. The molecule has 2 rings (SSSR count). The molecular weight excluding hydrogens is 244 g/mol. The van der Waals surface area contributed by atoms with Gasteiger partial charge in [0.05, 0.1) is 5.54 Å². The smallest absolute Gasteiger partial charge is 0.318 e. The molecule has 5 N–H and O–H groups in total. The third-order valence-corrected chi connectivity index (χ3v) is 3.33. The lowest BCUT2D eigenvalue weighted by Crippen LogP contribution is -2.56. The molecule has 1 saturated carbocycles. The molecule has 102 valence electrons. The van der Waals surface area contributed by atoms with Crippen LogP contribution in [0.5, 0.6) is 0 Å². The summed E-state index contributed by atoms with van der Waals surface area (Å²) in [5, 5.41) is 7.88. The number of nitrogens with two attached hydrogens (primary N) is 1. The molecule has 1 aliphatic rings. The van der Waals surface area contributed by atoms with Crippen LogP contribution in [0.2, 0.25) is 0 Å². The van der Waals surface area contributed by atoms with Gasteiger partial charge in [0.15, 0.2) is 0 Å². The minimum absolute atomic E-state index is 0.147. The van der Waals surface area contributed by atoms with Crippen LogP contribution >= 0.6 is 0 Å². The van der Waals surface area contributed by atoms with E-state index >= 15 is 0 Å². The van der Waals surface area contributed by atoms with Crippen molar-refractivity contribution in [3.05, 3.63) is 24.3 Å². The van der Waals surface area contributed by atoms with Gasteiger partial charge in [-0.2, -0.15) is 0 Å². The van der Waals surface area contributed by atoms with E-state index in [1.807, 2.05) is 0 Å². The summed E-state index contributed by atoms with van der Waals surface area (Å²) in [6.45, 7) is 0. The Labute approximate surface area is 111 Å². The predicted octanol–water partition coefficient (Wildman–Crippen LogP) is 1.26. The SMILES string of the molecule is CNC(=O)Nc1ccc(NC(=O)C2(N)CCC2)cc1. The van der Waals surface area contributed by atoms with E-state index < -0.39 is 5.54 Å². The summed E-state index contributed by atoms with van der Waals surface area (Å²) in [7, 11) is 1.54. The Kier molecular flexibility index (Phi) is 3.71. The van der Waals surface area contributed by atoms with Gasteiger partial charge in [0.25, 0.3) is 0 Å². The molecule has 1 aromatic carbocycles. The van der Waals surface area contributed by atoms with Gasteiger partial charge in [0.1, 0.15) is 0 Å². The van der Waals surface area contributed by atoms with Gasteiger partial charge in [-0.1, -0.05) is 0 Å². The Balaban J connectivity index is 1.95. The zero-order chi connectivity index (χ0) is 13.9. The van der Waals surface area contributed by atoms with Gasteiger partial charge < -0.3 is 21.7 Å². The third kappa shape index (κ3) is 3.03. The molecular formula is C13H18N4O2. The number of carbonyl (C=O) groups excluding carboxylic acids is 2. The van der Waals surface area contributed by atoms with Crippen LogP contribution in [-0.4, -0.2) is 24.5 Å². The first-order valence-corrected chi connectivity index (χ1v) is 6.23. The largest absolute Gasteiger partial charge is 0.341 e. The molecule has 0 saturated heterocycles. The Hall–Kier alpha value is -2.08. The van der Waals surface area contributed by atoms with Crippen molar-refractivity contribution in [3.8, 4) is 0 Å². The molecule has 0 atom stereocenters. The second-order valence-corrected chi connectivity index (χ2v) is 4.75. The summed E-state index contributed by atoms with van der Waals surface area (Å²) in [6, 6.07) is 6.60. The van der Waals surface area contributed by atoms with Crippen molar-refractivity contribution in [1.82, 2.24) is 5.32 Å². The van der Waals surface area contributed by atoms with Gasteiger partial charge in [0, 0.05) is 18.4 Å². The van der Waals surface area contributed by atoms with Gasteiger partial charge in [0.2, 0.25) is 5.91 Å². The summed E-state index contributed by atoms with van der Waals surface area (Å²) in [5.41, 5.74) is 6.55. The summed E-state index contributed by atoms with van der Waals surface area (Å²) in [4.78, 5) is 23.0. The molecule has 0 heterocycles. The van der Waals surface area contributed by atoms with Crippen LogP contribution in [0.3, 0.4) is 0 Å². The van der Waals surface area contributed by atoms with E-state index in [9.17, 15) is 9.59 Å².